The van der Waals surface area contributed by atoms with E-state index < -0.39 is 12.2 Å². The summed E-state index contributed by atoms with van der Waals surface area (Å²) in [5.74, 6) is -1.40. The summed E-state index contributed by atoms with van der Waals surface area (Å²) in [5.41, 5.74) is 0. The van der Waals surface area contributed by atoms with Gasteiger partial charge in [-0.2, -0.15) is 0 Å². The Bertz CT molecular complexity index is 175. The molecule has 0 N–H and O–H groups in total. The van der Waals surface area contributed by atoms with Gasteiger partial charge in [-0.25, -0.2) is 8.78 Å². The summed E-state index contributed by atoms with van der Waals surface area (Å²) >= 11 is 0. The maximum absolute atomic E-state index is 11.6. The molecule has 0 aliphatic carbocycles. The molecule has 0 fully saturated rings. The smallest absolute Gasteiger partial charge is 0.303 e. The van der Waals surface area contributed by atoms with Gasteiger partial charge in [0.1, 0.15) is 0 Å². The third-order valence-corrected chi connectivity index (χ3v) is 1.15. The van der Waals surface area contributed by atoms with E-state index in [1.54, 1.807) is 0 Å². The first-order valence-corrected chi connectivity index (χ1v) is 2.87. The predicted molar refractivity (Wildman–Crippen MR) is 29.7 cm³/mol. The lowest BCUT2D eigenvalue weighted by Gasteiger charge is -1.99. The number of ether oxygens (including phenoxy) is 1. The van der Waals surface area contributed by atoms with Crippen molar-refractivity contribution in [1.82, 2.24) is 0 Å². The second-order valence-corrected chi connectivity index (χ2v) is 1.87. The SMILES string of the molecule is O=C(C1=CCCO1)C(F)F. The number of hydrogen-bond acceptors (Lipinski definition) is 2. The Hall–Kier alpha value is -0.930. The normalized spacial score (nSPS) is 16.9. The van der Waals surface area contributed by atoms with Crippen LogP contribution in [-0.2, 0) is 9.53 Å². The van der Waals surface area contributed by atoms with Crippen molar-refractivity contribution in [3.8, 4) is 0 Å². The van der Waals surface area contributed by atoms with Crippen molar-refractivity contribution < 1.29 is 18.3 Å². The van der Waals surface area contributed by atoms with Crippen LogP contribution >= 0.6 is 0 Å². The van der Waals surface area contributed by atoms with E-state index in [9.17, 15) is 13.6 Å². The summed E-state index contributed by atoms with van der Waals surface area (Å²) in [4.78, 5) is 10.4. The first-order chi connectivity index (χ1) is 4.72. The molecule has 10 heavy (non-hydrogen) atoms. The minimum absolute atomic E-state index is 0.185. The molecule has 4 heteroatoms. The van der Waals surface area contributed by atoms with Gasteiger partial charge in [-0.3, -0.25) is 4.79 Å². The minimum Gasteiger partial charge on any atom is -0.490 e. The Labute approximate surface area is 56.5 Å². The van der Waals surface area contributed by atoms with Crippen LogP contribution in [0.15, 0.2) is 11.8 Å². The van der Waals surface area contributed by atoms with Gasteiger partial charge in [-0.05, 0) is 6.08 Å². The Morgan fingerprint density at radius 2 is 2.40 bits per heavy atom. The fourth-order valence-electron chi connectivity index (χ4n) is 0.697. The van der Waals surface area contributed by atoms with Gasteiger partial charge in [0.25, 0.3) is 5.78 Å². The molecule has 0 atom stereocenters. The summed E-state index contributed by atoms with van der Waals surface area (Å²) in [6, 6.07) is 0. The summed E-state index contributed by atoms with van der Waals surface area (Å²) in [6.45, 7) is 0.341. The average molecular weight is 148 g/mol. The Morgan fingerprint density at radius 3 is 2.80 bits per heavy atom. The highest BCUT2D eigenvalue weighted by Gasteiger charge is 2.23. The van der Waals surface area contributed by atoms with E-state index in [0.717, 1.165) is 0 Å². The number of allylic oxidation sites excluding steroid dienone is 1. The van der Waals surface area contributed by atoms with Crippen molar-refractivity contribution in [3.63, 3.8) is 0 Å². The van der Waals surface area contributed by atoms with E-state index in [1.807, 2.05) is 0 Å². The maximum atomic E-state index is 11.6. The van der Waals surface area contributed by atoms with Gasteiger partial charge in [0.2, 0.25) is 0 Å². The van der Waals surface area contributed by atoms with Crippen LogP contribution in [0.4, 0.5) is 8.78 Å². The fourth-order valence-corrected chi connectivity index (χ4v) is 0.697. The summed E-state index contributed by atoms with van der Waals surface area (Å²) in [7, 11) is 0. The first-order valence-electron chi connectivity index (χ1n) is 2.87. The molecule has 0 spiro atoms. The standard InChI is InChI=1S/C6H6F2O2/c7-6(8)5(9)4-2-1-3-10-4/h2,6H,1,3H2. The molecular weight excluding hydrogens is 142 g/mol. The van der Waals surface area contributed by atoms with Crippen LogP contribution in [0.5, 0.6) is 0 Å². The van der Waals surface area contributed by atoms with Gasteiger partial charge in [0.15, 0.2) is 5.76 Å². The van der Waals surface area contributed by atoms with Gasteiger partial charge in [-0.1, -0.05) is 0 Å². The van der Waals surface area contributed by atoms with Crippen molar-refractivity contribution in [2.75, 3.05) is 6.61 Å². The zero-order valence-electron chi connectivity index (χ0n) is 5.14. The fraction of sp³-hybridized carbons (Fsp3) is 0.500. The monoisotopic (exact) mass is 148 g/mol. The number of carbonyl (C=O) groups excluding carboxylic acids is 1. The van der Waals surface area contributed by atoms with Crippen molar-refractivity contribution in [2.45, 2.75) is 12.8 Å². The molecule has 0 radical (unpaired) electrons. The number of halogens is 2. The second kappa shape index (κ2) is 2.77. The van der Waals surface area contributed by atoms with Gasteiger partial charge in [-0.15, -0.1) is 0 Å². The van der Waals surface area contributed by atoms with Crippen LogP contribution in [0.3, 0.4) is 0 Å². The van der Waals surface area contributed by atoms with Crippen LogP contribution in [0, 0.1) is 0 Å². The molecule has 0 bridgehead atoms. The molecule has 0 aromatic rings. The molecule has 0 aromatic carbocycles. The van der Waals surface area contributed by atoms with Gasteiger partial charge in [0.05, 0.1) is 6.61 Å². The minimum atomic E-state index is -2.94. The number of carbonyl (C=O) groups is 1. The van der Waals surface area contributed by atoms with E-state index in [1.165, 1.54) is 6.08 Å². The first kappa shape index (κ1) is 7.18. The van der Waals surface area contributed by atoms with E-state index >= 15 is 0 Å². The summed E-state index contributed by atoms with van der Waals surface area (Å²) < 4.78 is 27.8. The molecule has 1 rings (SSSR count). The highest BCUT2D eigenvalue weighted by atomic mass is 19.3. The molecule has 1 aliphatic heterocycles. The zero-order chi connectivity index (χ0) is 7.56. The van der Waals surface area contributed by atoms with Crippen molar-refractivity contribution in [2.24, 2.45) is 0 Å². The number of ketones is 1. The van der Waals surface area contributed by atoms with Crippen LogP contribution in [0.25, 0.3) is 0 Å². The van der Waals surface area contributed by atoms with Crippen molar-refractivity contribution >= 4 is 5.78 Å². The molecule has 0 unspecified atom stereocenters. The average Bonchev–Trinajstić information content (AvgIpc) is 2.36. The molecule has 0 amide bonds. The van der Waals surface area contributed by atoms with Gasteiger partial charge >= 0.3 is 6.43 Å². The largest absolute Gasteiger partial charge is 0.490 e. The van der Waals surface area contributed by atoms with E-state index in [0.29, 0.717) is 13.0 Å². The van der Waals surface area contributed by atoms with Crippen LogP contribution < -0.4 is 0 Å². The molecular formula is C6H6F2O2. The molecule has 0 saturated carbocycles. The summed E-state index contributed by atoms with van der Waals surface area (Å²) in [5, 5.41) is 0. The lowest BCUT2D eigenvalue weighted by Crippen LogP contribution is -2.12. The lowest BCUT2D eigenvalue weighted by atomic mass is 10.3. The number of alkyl halides is 2. The Morgan fingerprint density at radius 1 is 1.70 bits per heavy atom. The van der Waals surface area contributed by atoms with Crippen molar-refractivity contribution in [3.05, 3.63) is 11.8 Å². The molecule has 0 saturated heterocycles. The van der Waals surface area contributed by atoms with Gasteiger partial charge in [0, 0.05) is 6.42 Å². The molecule has 0 aromatic heterocycles. The third-order valence-electron chi connectivity index (χ3n) is 1.15. The number of rotatable bonds is 2. The van der Waals surface area contributed by atoms with E-state index in [4.69, 9.17) is 0 Å². The highest BCUT2D eigenvalue weighted by Crippen LogP contribution is 2.13. The second-order valence-electron chi connectivity index (χ2n) is 1.87. The predicted octanol–water partition coefficient (Wildman–Crippen LogP) is 1.12. The maximum Gasteiger partial charge on any atom is 0.303 e. The van der Waals surface area contributed by atoms with Crippen molar-refractivity contribution in [1.29, 1.82) is 0 Å². The van der Waals surface area contributed by atoms with Crippen LogP contribution in [-0.4, -0.2) is 18.8 Å². The topological polar surface area (TPSA) is 26.3 Å². The van der Waals surface area contributed by atoms with Crippen LogP contribution in [0.1, 0.15) is 6.42 Å². The lowest BCUT2D eigenvalue weighted by molar-refractivity contribution is -0.128. The molecule has 1 heterocycles. The van der Waals surface area contributed by atoms with Gasteiger partial charge < -0.3 is 4.74 Å². The quantitative estimate of drug-likeness (QED) is 0.586. The summed E-state index contributed by atoms with van der Waals surface area (Å²) in [6.07, 6.45) is -1.01. The molecule has 2 nitrogen and oxygen atoms in total. The highest BCUT2D eigenvalue weighted by molar-refractivity contribution is 5.96. The third kappa shape index (κ3) is 1.32. The van der Waals surface area contributed by atoms with E-state index in [2.05, 4.69) is 4.74 Å². The zero-order valence-corrected chi connectivity index (χ0v) is 5.14. The number of Topliss-reactive ketones (excluding diaryl/α,β-unsaturated/α-hetero) is 1. The molecule has 56 valence electrons. The Balaban J connectivity index is 2.56. The Kier molecular flexibility index (Phi) is 1.99. The van der Waals surface area contributed by atoms with E-state index in [-0.39, 0.29) is 5.76 Å². The number of hydrogen-bond donors (Lipinski definition) is 0. The molecule has 1 aliphatic rings. The van der Waals surface area contributed by atoms with Crippen LogP contribution in [0.2, 0.25) is 0 Å².